The Balaban J connectivity index is 2.43. The van der Waals surface area contributed by atoms with E-state index in [1.54, 1.807) is 7.11 Å². The van der Waals surface area contributed by atoms with Crippen molar-refractivity contribution >= 4 is 5.69 Å². The van der Waals surface area contributed by atoms with Crippen molar-refractivity contribution in [2.24, 2.45) is 0 Å². The second-order valence-electron chi connectivity index (χ2n) is 3.72. The fourth-order valence-electron chi connectivity index (χ4n) is 1.90. The molecule has 0 spiro atoms. The largest absolute Gasteiger partial charge is 0.497 e. The number of hydrogen-bond acceptors (Lipinski definition) is 3. The first-order chi connectivity index (χ1) is 6.70. The van der Waals surface area contributed by atoms with Crippen LogP contribution >= 0.6 is 0 Å². The van der Waals surface area contributed by atoms with Gasteiger partial charge in [-0.05, 0) is 30.2 Å². The van der Waals surface area contributed by atoms with E-state index in [4.69, 9.17) is 4.74 Å². The molecule has 1 aromatic rings. The highest BCUT2D eigenvalue weighted by molar-refractivity contribution is 5.61. The maximum absolute atomic E-state index is 9.51. The highest BCUT2D eigenvalue weighted by atomic mass is 16.5. The van der Waals surface area contributed by atoms with Gasteiger partial charge in [0.25, 0.3) is 0 Å². The van der Waals surface area contributed by atoms with Crippen LogP contribution in [0.3, 0.4) is 0 Å². The quantitative estimate of drug-likeness (QED) is 0.707. The normalized spacial score (nSPS) is 19.8. The average molecular weight is 193 g/mol. The molecule has 1 atom stereocenters. The molecule has 76 valence electrons. The molecule has 1 unspecified atom stereocenters. The molecular formula is C11H15NO2. The molecular weight excluding hydrogens is 178 g/mol. The Morgan fingerprint density at radius 2 is 2.29 bits per heavy atom. The van der Waals surface area contributed by atoms with Gasteiger partial charge in [0.1, 0.15) is 5.75 Å². The number of aliphatic hydroxyl groups excluding tert-OH is 1. The van der Waals surface area contributed by atoms with Crippen molar-refractivity contribution in [2.75, 3.05) is 19.0 Å². The lowest BCUT2D eigenvalue weighted by Crippen LogP contribution is -2.28. The second kappa shape index (κ2) is 3.50. The second-order valence-corrected chi connectivity index (χ2v) is 3.72. The molecule has 0 aliphatic carbocycles. The fraction of sp³-hybridized carbons (Fsp3) is 0.455. The predicted molar refractivity (Wildman–Crippen MR) is 55.9 cm³/mol. The van der Waals surface area contributed by atoms with E-state index in [2.05, 4.69) is 5.32 Å². The molecule has 0 saturated heterocycles. The Bertz CT molecular complexity index is 349. The zero-order valence-electron chi connectivity index (χ0n) is 8.50. The van der Waals surface area contributed by atoms with Gasteiger partial charge in [0.2, 0.25) is 0 Å². The smallest absolute Gasteiger partial charge is 0.119 e. The number of nitrogens with one attached hydrogen (secondary N) is 1. The third-order valence-corrected chi connectivity index (χ3v) is 2.60. The number of aliphatic hydroxyl groups is 1. The first kappa shape index (κ1) is 9.34. The number of fused-ring (bicyclic) bond motifs is 1. The molecule has 0 fully saturated rings. The van der Waals surface area contributed by atoms with Crippen LogP contribution in [-0.4, -0.2) is 24.9 Å². The Hall–Kier alpha value is -1.22. The van der Waals surface area contributed by atoms with Crippen molar-refractivity contribution in [3.8, 4) is 5.75 Å². The van der Waals surface area contributed by atoms with Crippen LogP contribution in [0.15, 0.2) is 12.1 Å². The number of β-amino-alcohol motifs (C(OH)–C–C–N with tert-alkyl or cyclic N) is 1. The number of anilines is 1. The highest BCUT2D eigenvalue weighted by Gasteiger charge is 2.18. The minimum absolute atomic E-state index is 0.283. The van der Waals surface area contributed by atoms with E-state index in [1.165, 1.54) is 5.56 Å². The molecule has 0 bridgehead atoms. The van der Waals surface area contributed by atoms with Crippen molar-refractivity contribution in [3.63, 3.8) is 0 Å². The third kappa shape index (κ3) is 1.55. The highest BCUT2D eigenvalue weighted by Crippen LogP contribution is 2.30. The molecule has 2 rings (SSSR count). The number of aryl methyl sites for hydroxylation is 1. The summed E-state index contributed by atoms with van der Waals surface area (Å²) in [5.74, 6) is 0.858. The van der Waals surface area contributed by atoms with Gasteiger partial charge in [0.05, 0.1) is 13.2 Å². The average Bonchev–Trinajstić information content (AvgIpc) is 2.16. The molecule has 1 aliphatic heterocycles. The summed E-state index contributed by atoms with van der Waals surface area (Å²) in [7, 11) is 1.66. The number of hydrogen-bond donors (Lipinski definition) is 2. The minimum Gasteiger partial charge on any atom is -0.497 e. The van der Waals surface area contributed by atoms with Gasteiger partial charge in [-0.1, -0.05) is 0 Å². The summed E-state index contributed by atoms with van der Waals surface area (Å²) in [5.41, 5.74) is 3.46. The SMILES string of the molecule is COc1cc(C)c2c(c1)CC(O)CN2. The Kier molecular flexibility index (Phi) is 2.33. The maximum Gasteiger partial charge on any atom is 0.119 e. The van der Waals surface area contributed by atoms with Crippen molar-refractivity contribution in [1.29, 1.82) is 0 Å². The van der Waals surface area contributed by atoms with Crippen LogP contribution in [-0.2, 0) is 6.42 Å². The number of methoxy groups -OCH3 is 1. The van der Waals surface area contributed by atoms with Crippen LogP contribution in [0.2, 0.25) is 0 Å². The first-order valence-corrected chi connectivity index (χ1v) is 4.80. The van der Waals surface area contributed by atoms with Crippen molar-refractivity contribution in [3.05, 3.63) is 23.3 Å². The molecule has 3 heteroatoms. The first-order valence-electron chi connectivity index (χ1n) is 4.80. The van der Waals surface area contributed by atoms with E-state index in [0.29, 0.717) is 13.0 Å². The van der Waals surface area contributed by atoms with Gasteiger partial charge in [0.15, 0.2) is 0 Å². The predicted octanol–water partition coefficient (Wildman–Crippen LogP) is 1.33. The minimum atomic E-state index is -0.283. The molecule has 14 heavy (non-hydrogen) atoms. The lowest BCUT2D eigenvalue weighted by molar-refractivity contribution is 0.184. The molecule has 2 N–H and O–H groups in total. The van der Waals surface area contributed by atoms with Gasteiger partial charge in [-0.15, -0.1) is 0 Å². The zero-order valence-corrected chi connectivity index (χ0v) is 8.50. The van der Waals surface area contributed by atoms with Crippen LogP contribution in [0.25, 0.3) is 0 Å². The van der Waals surface area contributed by atoms with E-state index in [0.717, 1.165) is 17.0 Å². The van der Waals surface area contributed by atoms with Crippen molar-refractivity contribution in [2.45, 2.75) is 19.4 Å². The van der Waals surface area contributed by atoms with Crippen LogP contribution in [0.1, 0.15) is 11.1 Å². The van der Waals surface area contributed by atoms with Crippen LogP contribution in [0, 0.1) is 6.92 Å². The van der Waals surface area contributed by atoms with Gasteiger partial charge in [-0.3, -0.25) is 0 Å². The summed E-state index contributed by atoms with van der Waals surface area (Å²) in [5, 5.41) is 12.7. The Morgan fingerprint density at radius 1 is 1.50 bits per heavy atom. The number of ether oxygens (including phenoxy) is 1. The van der Waals surface area contributed by atoms with Crippen LogP contribution in [0.5, 0.6) is 5.75 Å². The standard InChI is InChI=1S/C11H15NO2/c1-7-3-10(14-2)5-8-4-9(13)6-12-11(7)8/h3,5,9,12-13H,4,6H2,1-2H3. The van der Waals surface area contributed by atoms with Gasteiger partial charge in [-0.2, -0.15) is 0 Å². The summed E-state index contributed by atoms with van der Waals surface area (Å²) in [6.07, 6.45) is 0.425. The van der Waals surface area contributed by atoms with Crippen molar-refractivity contribution in [1.82, 2.24) is 0 Å². The van der Waals surface area contributed by atoms with E-state index in [1.807, 2.05) is 19.1 Å². The summed E-state index contributed by atoms with van der Waals surface area (Å²) in [6.45, 7) is 2.69. The maximum atomic E-state index is 9.51. The molecule has 0 radical (unpaired) electrons. The van der Waals surface area contributed by atoms with Crippen LogP contribution in [0.4, 0.5) is 5.69 Å². The molecule has 0 aromatic heterocycles. The van der Waals surface area contributed by atoms with E-state index in [9.17, 15) is 5.11 Å². The third-order valence-electron chi connectivity index (χ3n) is 2.60. The topological polar surface area (TPSA) is 41.5 Å². The Morgan fingerprint density at radius 3 is 3.00 bits per heavy atom. The molecule has 1 aromatic carbocycles. The fourth-order valence-corrected chi connectivity index (χ4v) is 1.90. The zero-order chi connectivity index (χ0) is 10.1. The van der Waals surface area contributed by atoms with E-state index < -0.39 is 0 Å². The lowest BCUT2D eigenvalue weighted by Gasteiger charge is -2.24. The Labute approximate surface area is 83.7 Å². The summed E-state index contributed by atoms with van der Waals surface area (Å²) >= 11 is 0. The monoisotopic (exact) mass is 193 g/mol. The molecule has 1 aliphatic rings. The van der Waals surface area contributed by atoms with Crippen LogP contribution < -0.4 is 10.1 Å². The summed E-state index contributed by atoms with van der Waals surface area (Å²) in [6, 6.07) is 3.99. The molecule has 0 saturated carbocycles. The lowest BCUT2D eigenvalue weighted by atomic mass is 9.98. The number of benzene rings is 1. The molecule has 1 heterocycles. The van der Waals surface area contributed by atoms with Gasteiger partial charge < -0.3 is 15.2 Å². The summed E-state index contributed by atoms with van der Waals surface area (Å²) < 4.78 is 5.19. The van der Waals surface area contributed by atoms with Crippen molar-refractivity contribution < 1.29 is 9.84 Å². The van der Waals surface area contributed by atoms with E-state index in [-0.39, 0.29) is 6.10 Å². The summed E-state index contributed by atoms with van der Waals surface area (Å²) in [4.78, 5) is 0. The molecule has 3 nitrogen and oxygen atoms in total. The van der Waals surface area contributed by atoms with E-state index >= 15 is 0 Å². The molecule has 0 amide bonds. The number of rotatable bonds is 1. The van der Waals surface area contributed by atoms with Gasteiger partial charge in [-0.25, -0.2) is 0 Å². The van der Waals surface area contributed by atoms with Gasteiger partial charge in [0, 0.05) is 18.7 Å². The van der Waals surface area contributed by atoms with Gasteiger partial charge >= 0.3 is 0 Å².